The van der Waals surface area contributed by atoms with Gasteiger partial charge in [0.05, 0.1) is 34.5 Å². The lowest BCUT2D eigenvalue weighted by molar-refractivity contribution is 0.274. The van der Waals surface area contributed by atoms with Crippen LogP contribution >= 0.6 is 0 Å². The van der Waals surface area contributed by atoms with E-state index in [2.05, 4.69) is 4.98 Å². The van der Waals surface area contributed by atoms with Crippen LogP contribution in [0, 0.1) is 23.0 Å². The van der Waals surface area contributed by atoms with Gasteiger partial charge in [0.25, 0.3) is 0 Å². The molecule has 0 aliphatic heterocycles. The molecule has 0 atom stereocenters. The summed E-state index contributed by atoms with van der Waals surface area (Å²) in [6, 6.07) is 7.83. The number of aromatic amines is 1. The molecule has 0 unspecified atom stereocenters. The maximum Gasteiger partial charge on any atom is 0.199 e. The fourth-order valence-corrected chi connectivity index (χ4v) is 3.62. The fraction of sp³-hybridized carbons (Fsp3) is 0.200. The molecule has 0 aliphatic rings. The maximum atomic E-state index is 14.8. The third-order valence-corrected chi connectivity index (χ3v) is 4.80. The Labute approximate surface area is 152 Å². The molecule has 2 N–H and O–H groups in total. The van der Waals surface area contributed by atoms with Crippen LogP contribution in [0.15, 0.2) is 29.1 Å². The molecule has 0 spiro atoms. The zero-order chi connectivity index (χ0) is 19.5. The second-order valence-electron chi connectivity index (χ2n) is 6.73. The summed E-state index contributed by atoms with van der Waals surface area (Å²) < 4.78 is 30.7. The first-order valence-electron chi connectivity index (χ1n) is 8.40. The van der Waals surface area contributed by atoms with Crippen molar-refractivity contribution >= 4 is 32.8 Å². The van der Waals surface area contributed by atoms with Crippen molar-refractivity contribution in [2.45, 2.75) is 26.5 Å². The molecule has 0 aliphatic carbocycles. The Morgan fingerprint density at radius 1 is 1.22 bits per heavy atom. The largest absolute Gasteiger partial charge is 0.392 e. The molecule has 2 aromatic carbocycles. The van der Waals surface area contributed by atoms with Crippen molar-refractivity contribution in [2.75, 3.05) is 0 Å². The molecule has 0 bridgehead atoms. The standard InChI is InChI=1S/C20H15F2N3O2/c1-9(2)25-18-13(6-11(8-26)16(21)17(18)22)19(27)15-12-4-3-10(7-23)5-14(12)24-20(15)25/h3-6,9,24,26H,8H2,1-2H3. The van der Waals surface area contributed by atoms with Gasteiger partial charge < -0.3 is 14.7 Å². The highest BCUT2D eigenvalue weighted by molar-refractivity contribution is 6.10. The monoisotopic (exact) mass is 367 g/mol. The highest BCUT2D eigenvalue weighted by Crippen LogP contribution is 2.32. The number of hydrogen-bond donors (Lipinski definition) is 2. The minimum Gasteiger partial charge on any atom is -0.392 e. The number of aromatic nitrogens is 2. The van der Waals surface area contributed by atoms with Crippen LogP contribution in [0.25, 0.3) is 32.8 Å². The van der Waals surface area contributed by atoms with Crippen molar-refractivity contribution in [2.24, 2.45) is 0 Å². The topological polar surface area (TPSA) is 81.8 Å². The minimum atomic E-state index is -1.17. The third-order valence-electron chi connectivity index (χ3n) is 4.80. The van der Waals surface area contributed by atoms with Gasteiger partial charge in [-0.05, 0) is 32.0 Å². The number of nitrogens with one attached hydrogen (secondary N) is 1. The van der Waals surface area contributed by atoms with Gasteiger partial charge in [0.1, 0.15) is 5.65 Å². The van der Waals surface area contributed by atoms with Gasteiger partial charge in [0, 0.05) is 22.5 Å². The van der Waals surface area contributed by atoms with Gasteiger partial charge in [-0.2, -0.15) is 5.26 Å². The van der Waals surface area contributed by atoms with Crippen molar-refractivity contribution in [1.82, 2.24) is 9.55 Å². The van der Waals surface area contributed by atoms with E-state index in [4.69, 9.17) is 5.26 Å². The first-order valence-corrected chi connectivity index (χ1v) is 8.40. The fourth-order valence-electron chi connectivity index (χ4n) is 3.62. The van der Waals surface area contributed by atoms with Crippen molar-refractivity contribution in [3.8, 4) is 6.07 Å². The van der Waals surface area contributed by atoms with E-state index >= 15 is 0 Å². The molecule has 4 aromatic rings. The number of aliphatic hydroxyl groups excluding tert-OH is 1. The summed E-state index contributed by atoms with van der Waals surface area (Å²) >= 11 is 0. The molecule has 0 amide bonds. The number of halogens is 2. The number of fused-ring (bicyclic) bond motifs is 4. The lowest BCUT2D eigenvalue weighted by atomic mass is 10.0. The second-order valence-corrected chi connectivity index (χ2v) is 6.73. The molecule has 7 heteroatoms. The Kier molecular flexibility index (Phi) is 3.75. The van der Waals surface area contributed by atoms with Crippen LogP contribution in [-0.4, -0.2) is 14.7 Å². The van der Waals surface area contributed by atoms with E-state index in [1.165, 1.54) is 10.6 Å². The molecule has 2 heterocycles. The maximum absolute atomic E-state index is 14.8. The number of hydrogen-bond acceptors (Lipinski definition) is 3. The first kappa shape index (κ1) is 17.2. The van der Waals surface area contributed by atoms with E-state index in [0.717, 1.165) is 0 Å². The van der Waals surface area contributed by atoms with Crippen LogP contribution in [0.2, 0.25) is 0 Å². The molecular formula is C20H15F2N3O2. The van der Waals surface area contributed by atoms with Crippen molar-refractivity contribution in [3.05, 3.63) is 57.3 Å². The molecule has 4 rings (SSSR count). The predicted octanol–water partition coefficient (Wildman–Crippen LogP) is 3.86. The highest BCUT2D eigenvalue weighted by Gasteiger charge is 2.23. The molecule has 0 saturated heterocycles. The van der Waals surface area contributed by atoms with Gasteiger partial charge in [0.15, 0.2) is 17.1 Å². The van der Waals surface area contributed by atoms with Crippen LogP contribution in [0.1, 0.15) is 31.0 Å². The van der Waals surface area contributed by atoms with E-state index in [1.807, 2.05) is 6.07 Å². The molecule has 5 nitrogen and oxygen atoms in total. The number of aliphatic hydroxyl groups is 1. The van der Waals surface area contributed by atoms with E-state index in [9.17, 15) is 18.7 Å². The number of H-pyrrole nitrogens is 1. The van der Waals surface area contributed by atoms with Gasteiger partial charge in [0.2, 0.25) is 0 Å². The molecule has 0 saturated carbocycles. The Morgan fingerprint density at radius 2 is 1.96 bits per heavy atom. The average molecular weight is 367 g/mol. The summed E-state index contributed by atoms with van der Waals surface area (Å²) in [5.41, 5.74) is 0.475. The zero-order valence-corrected chi connectivity index (χ0v) is 14.6. The van der Waals surface area contributed by atoms with E-state index in [0.29, 0.717) is 27.5 Å². The van der Waals surface area contributed by atoms with E-state index in [1.54, 1.807) is 32.0 Å². The summed E-state index contributed by atoms with van der Waals surface area (Å²) in [6.45, 7) is 2.89. The van der Waals surface area contributed by atoms with Crippen LogP contribution < -0.4 is 5.43 Å². The van der Waals surface area contributed by atoms with E-state index in [-0.39, 0.29) is 22.5 Å². The summed E-state index contributed by atoms with van der Waals surface area (Å²) in [7, 11) is 0. The average Bonchev–Trinajstić information content (AvgIpc) is 3.03. The minimum absolute atomic E-state index is 0.00408. The summed E-state index contributed by atoms with van der Waals surface area (Å²) in [5, 5.41) is 19.4. The molecule has 0 fully saturated rings. The van der Waals surface area contributed by atoms with Gasteiger partial charge >= 0.3 is 0 Å². The molecule has 136 valence electrons. The third kappa shape index (κ3) is 2.27. The normalized spacial score (nSPS) is 11.7. The Morgan fingerprint density at radius 3 is 2.59 bits per heavy atom. The SMILES string of the molecule is CC(C)n1c2[nH]c3cc(C#N)ccc3c2c(=O)c2cc(CO)c(F)c(F)c21. The number of benzene rings is 2. The number of nitrogens with zero attached hydrogens (tertiary/aromatic N) is 2. The van der Waals surface area contributed by atoms with Crippen LogP contribution in [0.4, 0.5) is 8.78 Å². The van der Waals surface area contributed by atoms with Gasteiger partial charge in [-0.1, -0.05) is 6.07 Å². The molecular weight excluding hydrogens is 352 g/mol. The smallest absolute Gasteiger partial charge is 0.199 e. The lowest BCUT2D eigenvalue weighted by Crippen LogP contribution is -2.15. The van der Waals surface area contributed by atoms with Gasteiger partial charge in [-0.3, -0.25) is 4.79 Å². The summed E-state index contributed by atoms with van der Waals surface area (Å²) in [4.78, 5) is 16.2. The van der Waals surface area contributed by atoms with Crippen molar-refractivity contribution in [1.29, 1.82) is 5.26 Å². The van der Waals surface area contributed by atoms with Gasteiger partial charge in [-0.25, -0.2) is 8.78 Å². The van der Waals surface area contributed by atoms with Gasteiger partial charge in [-0.15, -0.1) is 0 Å². The van der Waals surface area contributed by atoms with Crippen LogP contribution in [-0.2, 0) is 6.61 Å². The lowest BCUT2D eigenvalue weighted by Gasteiger charge is -2.18. The van der Waals surface area contributed by atoms with E-state index < -0.39 is 23.7 Å². The Hall–Kier alpha value is -3.24. The van der Waals surface area contributed by atoms with Crippen molar-refractivity contribution < 1.29 is 13.9 Å². The first-order chi connectivity index (χ1) is 12.9. The highest BCUT2D eigenvalue weighted by atomic mass is 19.2. The van der Waals surface area contributed by atoms with Crippen LogP contribution in [0.3, 0.4) is 0 Å². The summed E-state index contributed by atoms with van der Waals surface area (Å²) in [6.07, 6.45) is 0. The Balaban J connectivity index is 2.34. The second kappa shape index (κ2) is 5.89. The van der Waals surface area contributed by atoms with Crippen molar-refractivity contribution in [3.63, 3.8) is 0 Å². The molecule has 27 heavy (non-hydrogen) atoms. The molecule has 0 radical (unpaired) electrons. The van der Waals surface area contributed by atoms with Crippen LogP contribution in [0.5, 0.6) is 0 Å². The predicted molar refractivity (Wildman–Crippen MR) is 98.5 cm³/mol. The quantitative estimate of drug-likeness (QED) is 0.564. The number of nitriles is 1. The Bertz CT molecular complexity index is 1340. The molecule has 2 aromatic heterocycles. The summed E-state index contributed by atoms with van der Waals surface area (Å²) in [5.74, 6) is -2.33. The number of rotatable bonds is 2. The zero-order valence-electron chi connectivity index (χ0n) is 14.6. The number of pyridine rings is 1.